The molecule has 3 rings (SSSR count). The summed E-state index contributed by atoms with van der Waals surface area (Å²) in [4.78, 5) is 24.9. The molecule has 0 radical (unpaired) electrons. The number of aromatic nitrogens is 2. The van der Waals surface area contributed by atoms with Gasteiger partial charge < -0.3 is 9.80 Å². The van der Waals surface area contributed by atoms with Gasteiger partial charge in [0.1, 0.15) is 23.8 Å². The second kappa shape index (κ2) is 7.58. The molecule has 2 aromatic rings. The molecule has 1 aliphatic rings. The molecule has 25 heavy (non-hydrogen) atoms. The Bertz CT molecular complexity index is 817. The molecule has 1 aromatic heterocycles. The summed E-state index contributed by atoms with van der Waals surface area (Å²) in [6.07, 6.45) is 3.20. The van der Waals surface area contributed by atoms with Crippen LogP contribution in [0.3, 0.4) is 0 Å². The molecule has 0 spiro atoms. The van der Waals surface area contributed by atoms with Gasteiger partial charge in [-0.1, -0.05) is 30.3 Å². The lowest BCUT2D eigenvalue weighted by Crippen LogP contribution is -2.49. The standard InChI is InChI=1S/C19H19N5O/c1-15-11-18(22-14-21-15)23-7-9-24(10-8-23)19(25)17(13-20)12-16-5-3-2-4-6-16/h2-6,11-12,14H,7-10H2,1H3/b17-12+. The normalized spacial score (nSPS) is 15.0. The van der Waals surface area contributed by atoms with Crippen LogP contribution in [-0.2, 0) is 4.79 Å². The molecule has 6 nitrogen and oxygen atoms in total. The van der Waals surface area contributed by atoms with Crippen LogP contribution in [0, 0.1) is 18.3 Å². The van der Waals surface area contributed by atoms with E-state index in [2.05, 4.69) is 14.9 Å². The predicted molar refractivity (Wildman–Crippen MR) is 95.6 cm³/mol. The lowest BCUT2D eigenvalue weighted by molar-refractivity contribution is -0.126. The molecule has 1 saturated heterocycles. The Morgan fingerprint density at radius 1 is 1.16 bits per heavy atom. The van der Waals surface area contributed by atoms with Gasteiger partial charge in [-0.2, -0.15) is 5.26 Å². The van der Waals surface area contributed by atoms with E-state index in [4.69, 9.17) is 0 Å². The molecule has 0 atom stereocenters. The third kappa shape index (κ3) is 4.01. The topological polar surface area (TPSA) is 73.1 Å². The molecule has 0 bridgehead atoms. The number of nitriles is 1. The zero-order valence-corrected chi connectivity index (χ0v) is 14.1. The molecule has 0 N–H and O–H groups in total. The van der Waals surface area contributed by atoms with E-state index >= 15 is 0 Å². The summed E-state index contributed by atoms with van der Waals surface area (Å²) in [6, 6.07) is 13.4. The fourth-order valence-electron chi connectivity index (χ4n) is 2.78. The van der Waals surface area contributed by atoms with Crippen molar-refractivity contribution in [1.82, 2.24) is 14.9 Å². The molecule has 0 unspecified atom stereocenters. The number of hydrogen-bond donors (Lipinski definition) is 0. The number of aryl methyl sites for hydroxylation is 1. The molecule has 1 aromatic carbocycles. The second-order valence-corrected chi connectivity index (χ2v) is 5.88. The average Bonchev–Trinajstić information content (AvgIpc) is 2.66. The van der Waals surface area contributed by atoms with Crippen molar-refractivity contribution in [3.63, 3.8) is 0 Å². The highest BCUT2D eigenvalue weighted by Gasteiger charge is 2.24. The van der Waals surface area contributed by atoms with Crippen LogP contribution < -0.4 is 4.90 Å². The summed E-state index contributed by atoms with van der Waals surface area (Å²) in [6.45, 7) is 4.43. The Morgan fingerprint density at radius 2 is 1.88 bits per heavy atom. The van der Waals surface area contributed by atoms with E-state index in [0.29, 0.717) is 26.2 Å². The van der Waals surface area contributed by atoms with Crippen molar-refractivity contribution in [2.75, 3.05) is 31.1 Å². The highest BCUT2D eigenvalue weighted by atomic mass is 16.2. The number of amides is 1. The van der Waals surface area contributed by atoms with Crippen molar-refractivity contribution in [3.05, 3.63) is 59.6 Å². The van der Waals surface area contributed by atoms with Gasteiger partial charge in [0.05, 0.1) is 0 Å². The molecule has 1 aliphatic heterocycles. The number of nitrogens with zero attached hydrogens (tertiary/aromatic N) is 5. The Hall–Kier alpha value is -3.20. The Morgan fingerprint density at radius 3 is 2.52 bits per heavy atom. The van der Waals surface area contributed by atoms with E-state index in [0.717, 1.165) is 17.1 Å². The summed E-state index contributed by atoms with van der Waals surface area (Å²) < 4.78 is 0. The quantitative estimate of drug-likeness (QED) is 0.635. The highest BCUT2D eigenvalue weighted by molar-refractivity contribution is 6.01. The maximum atomic E-state index is 12.6. The number of carbonyl (C=O) groups is 1. The fourth-order valence-corrected chi connectivity index (χ4v) is 2.78. The molecule has 2 heterocycles. The SMILES string of the molecule is Cc1cc(N2CCN(C(=O)/C(C#N)=C/c3ccccc3)CC2)ncn1. The minimum absolute atomic E-state index is 0.164. The van der Waals surface area contributed by atoms with Gasteiger partial charge in [-0.25, -0.2) is 9.97 Å². The van der Waals surface area contributed by atoms with Gasteiger partial charge in [0.2, 0.25) is 0 Å². The van der Waals surface area contributed by atoms with Crippen molar-refractivity contribution in [2.45, 2.75) is 6.92 Å². The van der Waals surface area contributed by atoms with E-state index in [1.165, 1.54) is 0 Å². The van der Waals surface area contributed by atoms with E-state index in [1.807, 2.05) is 49.4 Å². The lowest BCUT2D eigenvalue weighted by atomic mass is 10.1. The summed E-state index contributed by atoms with van der Waals surface area (Å²) in [5, 5.41) is 9.36. The minimum atomic E-state index is -0.218. The number of benzene rings is 1. The summed E-state index contributed by atoms with van der Waals surface area (Å²) in [5.41, 5.74) is 1.93. The first-order valence-electron chi connectivity index (χ1n) is 8.17. The van der Waals surface area contributed by atoms with Crippen LogP contribution in [-0.4, -0.2) is 47.0 Å². The second-order valence-electron chi connectivity index (χ2n) is 5.88. The van der Waals surface area contributed by atoms with Crippen LogP contribution in [0.15, 0.2) is 48.3 Å². The summed E-state index contributed by atoms with van der Waals surface area (Å²) in [7, 11) is 0. The van der Waals surface area contributed by atoms with Gasteiger partial charge >= 0.3 is 0 Å². The minimum Gasteiger partial charge on any atom is -0.353 e. The first-order chi connectivity index (χ1) is 12.2. The Labute approximate surface area is 147 Å². The Balaban J connectivity index is 1.67. The van der Waals surface area contributed by atoms with Crippen LogP contribution in [0.25, 0.3) is 6.08 Å². The van der Waals surface area contributed by atoms with Gasteiger partial charge in [0, 0.05) is 37.9 Å². The summed E-state index contributed by atoms with van der Waals surface area (Å²) >= 11 is 0. The monoisotopic (exact) mass is 333 g/mol. The Kier molecular flexibility index (Phi) is 5.05. The van der Waals surface area contributed by atoms with Crippen LogP contribution in [0.5, 0.6) is 0 Å². The average molecular weight is 333 g/mol. The summed E-state index contributed by atoms with van der Waals surface area (Å²) in [5.74, 6) is 0.657. The number of hydrogen-bond acceptors (Lipinski definition) is 5. The zero-order chi connectivity index (χ0) is 17.6. The van der Waals surface area contributed by atoms with Gasteiger partial charge in [0.25, 0.3) is 5.91 Å². The number of rotatable bonds is 3. The van der Waals surface area contributed by atoms with Gasteiger partial charge in [0.15, 0.2) is 0 Å². The maximum absolute atomic E-state index is 12.6. The molecular weight excluding hydrogens is 314 g/mol. The van der Waals surface area contributed by atoms with Crippen molar-refractivity contribution < 1.29 is 4.79 Å². The van der Waals surface area contributed by atoms with E-state index in [9.17, 15) is 10.1 Å². The first kappa shape index (κ1) is 16.7. The molecular formula is C19H19N5O. The molecule has 0 aliphatic carbocycles. The van der Waals surface area contributed by atoms with Crippen LogP contribution in [0.4, 0.5) is 5.82 Å². The number of piperazine rings is 1. The van der Waals surface area contributed by atoms with E-state index < -0.39 is 0 Å². The number of anilines is 1. The van der Waals surface area contributed by atoms with Crippen molar-refractivity contribution in [2.24, 2.45) is 0 Å². The van der Waals surface area contributed by atoms with Crippen molar-refractivity contribution >= 4 is 17.8 Å². The smallest absolute Gasteiger partial charge is 0.264 e. The third-order valence-electron chi connectivity index (χ3n) is 4.14. The first-order valence-corrected chi connectivity index (χ1v) is 8.17. The molecule has 1 fully saturated rings. The van der Waals surface area contributed by atoms with Crippen LogP contribution >= 0.6 is 0 Å². The molecule has 0 saturated carbocycles. The molecule has 126 valence electrons. The zero-order valence-electron chi connectivity index (χ0n) is 14.1. The van der Waals surface area contributed by atoms with Crippen LogP contribution in [0.2, 0.25) is 0 Å². The maximum Gasteiger partial charge on any atom is 0.264 e. The predicted octanol–water partition coefficient (Wildman–Crippen LogP) is 2.04. The third-order valence-corrected chi connectivity index (χ3v) is 4.14. The fraction of sp³-hybridized carbons (Fsp3) is 0.263. The highest BCUT2D eigenvalue weighted by Crippen LogP contribution is 2.16. The largest absolute Gasteiger partial charge is 0.353 e. The molecule has 6 heteroatoms. The van der Waals surface area contributed by atoms with Crippen molar-refractivity contribution in [3.8, 4) is 6.07 Å². The lowest BCUT2D eigenvalue weighted by Gasteiger charge is -2.35. The van der Waals surface area contributed by atoms with Gasteiger partial charge in [-0.05, 0) is 18.6 Å². The van der Waals surface area contributed by atoms with E-state index in [1.54, 1.807) is 17.3 Å². The molecule has 1 amide bonds. The van der Waals surface area contributed by atoms with Crippen molar-refractivity contribution in [1.29, 1.82) is 5.26 Å². The van der Waals surface area contributed by atoms with Gasteiger partial charge in [-0.3, -0.25) is 4.79 Å². The van der Waals surface area contributed by atoms with Gasteiger partial charge in [-0.15, -0.1) is 0 Å². The van der Waals surface area contributed by atoms with Crippen LogP contribution in [0.1, 0.15) is 11.3 Å². The number of carbonyl (C=O) groups excluding carboxylic acids is 1. The van der Waals surface area contributed by atoms with E-state index in [-0.39, 0.29) is 11.5 Å².